The van der Waals surface area contributed by atoms with Crippen molar-refractivity contribution in [2.24, 2.45) is 7.05 Å². The number of carbonyl (C=O) groups is 2. The van der Waals surface area contributed by atoms with Gasteiger partial charge in [0.15, 0.2) is 0 Å². The molecule has 0 aliphatic rings. The molecular weight excluding hydrogens is 210 g/mol. The van der Waals surface area contributed by atoms with Gasteiger partial charge in [0, 0.05) is 7.05 Å². The van der Waals surface area contributed by atoms with Gasteiger partial charge >= 0.3 is 11.9 Å². The lowest BCUT2D eigenvalue weighted by Gasteiger charge is -2.00. The smallest absolute Gasteiger partial charge is 0.396 e. The zero-order chi connectivity index (χ0) is 10.7. The Morgan fingerprint density at radius 1 is 1.64 bits per heavy atom. The number of rotatable bonds is 1. The minimum Gasteiger partial charge on any atom is -0.462 e. The van der Waals surface area contributed by atoms with E-state index in [2.05, 4.69) is 15.2 Å². The first-order chi connectivity index (χ1) is 6.56. The van der Waals surface area contributed by atoms with Gasteiger partial charge in [0.25, 0.3) is 0 Å². The zero-order valence-electron chi connectivity index (χ0n) is 7.57. The summed E-state index contributed by atoms with van der Waals surface area (Å²) >= 11 is 5.73. The normalized spacial score (nSPS) is 9.64. The van der Waals surface area contributed by atoms with Crippen molar-refractivity contribution < 1.29 is 14.3 Å². The molecule has 0 saturated carbocycles. The number of methoxy groups -OCH3 is 1. The van der Waals surface area contributed by atoms with Crippen molar-refractivity contribution >= 4 is 29.2 Å². The minimum atomic E-state index is -0.982. The van der Waals surface area contributed by atoms with Crippen LogP contribution in [0, 0.1) is 0 Å². The third kappa shape index (κ3) is 2.02. The quantitative estimate of drug-likeness (QED) is 0.538. The molecule has 0 fully saturated rings. The third-order valence-electron chi connectivity index (χ3n) is 1.49. The maximum atomic E-state index is 11.0. The molecule has 1 heterocycles. The molecule has 6 nitrogen and oxygen atoms in total. The number of carbonyl (C=O) groups excluding carboxylic acids is 2. The van der Waals surface area contributed by atoms with Crippen molar-refractivity contribution in [2.75, 3.05) is 12.4 Å². The van der Waals surface area contributed by atoms with E-state index in [0.29, 0.717) is 0 Å². The highest BCUT2D eigenvalue weighted by Gasteiger charge is 2.16. The van der Waals surface area contributed by atoms with Crippen molar-refractivity contribution in [3.63, 3.8) is 0 Å². The number of aromatic nitrogens is 2. The molecule has 0 unspecified atom stereocenters. The third-order valence-corrected chi connectivity index (χ3v) is 1.93. The highest BCUT2D eigenvalue weighted by Crippen LogP contribution is 2.19. The standard InChI is InChI=1S/C7H8ClN3O3/c1-11-5(8)4(3-9-11)10-6(12)7(13)14-2/h3H,1-2H3,(H,10,12). The van der Waals surface area contributed by atoms with E-state index in [1.165, 1.54) is 10.9 Å². The summed E-state index contributed by atoms with van der Waals surface area (Å²) in [6.45, 7) is 0. The van der Waals surface area contributed by atoms with Crippen molar-refractivity contribution in [2.45, 2.75) is 0 Å². The van der Waals surface area contributed by atoms with Gasteiger partial charge in [-0.2, -0.15) is 5.10 Å². The van der Waals surface area contributed by atoms with Crippen LogP contribution in [0.3, 0.4) is 0 Å². The Labute approximate surface area is 84.8 Å². The Bertz CT molecular complexity index is 374. The van der Waals surface area contributed by atoms with Crippen molar-refractivity contribution in [3.05, 3.63) is 11.3 Å². The maximum Gasteiger partial charge on any atom is 0.396 e. The molecule has 1 amide bonds. The molecular formula is C7H8ClN3O3. The molecule has 0 aliphatic carbocycles. The fourth-order valence-electron chi connectivity index (χ4n) is 0.773. The lowest BCUT2D eigenvalue weighted by molar-refractivity contribution is -0.150. The van der Waals surface area contributed by atoms with E-state index in [4.69, 9.17) is 11.6 Å². The van der Waals surface area contributed by atoms with E-state index < -0.39 is 11.9 Å². The van der Waals surface area contributed by atoms with Crippen LogP contribution in [0.1, 0.15) is 0 Å². The van der Waals surface area contributed by atoms with E-state index in [0.717, 1.165) is 7.11 Å². The first-order valence-corrected chi connectivity index (χ1v) is 4.01. The van der Waals surface area contributed by atoms with Crippen LogP contribution >= 0.6 is 11.6 Å². The molecule has 0 aliphatic heterocycles. The minimum absolute atomic E-state index is 0.238. The molecule has 0 aromatic carbocycles. The fourth-order valence-corrected chi connectivity index (χ4v) is 0.912. The van der Waals surface area contributed by atoms with Crippen molar-refractivity contribution in [3.8, 4) is 0 Å². The number of amides is 1. The van der Waals surface area contributed by atoms with Gasteiger partial charge in [-0.15, -0.1) is 0 Å². The van der Waals surface area contributed by atoms with Crippen LogP contribution in [0.4, 0.5) is 5.69 Å². The molecule has 0 spiro atoms. The molecule has 1 aromatic heterocycles. The second-order valence-corrected chi connectivity index (χ2v) is 2.78. The number of hydrogen-bond acceptors (Lipinski definition) is 4. The Balaban J connectivity index is 2.75. The topological polar surface area (TPSA) is 73.2 Å². The van der Waals surface area contributed by atoms with Crippen molar-refractivity contribution in [1.82, 2.24) is 9.78 Å². The van der Waals surface area contributed by atoms with E-state index in [1.54, 1.807) is 7.05 Å². The van der Waals surface area contributed by atoms with E-state index in [1.807, 2.05) is 0 Å². The summed E-state index contributed by atoms with van der Waals surface area (Å²) in [5.74, 6) is -1.87. The van der Waals surface area contributed by atoms with E-state index in [9.17, 15) is 9.59 Å². The zero-order valence-corrected chi connectivity index (χ0v) is 8.33. The van der Waals surface area contributed by atoms with E-state index in [-0.39, 0.29) is 10.8 Å². The highest BCUT2D eigenvalue weighted by molar-refractivity contribution is 6.39. The molecule has 1 rings (SSSR count). The number of esters is 1. The number of nitrogens with zero attached hydrogens (tertiary/aromatic N) is 2. The summed E-state index contributed by atoms with van der Waals surface area (Å²) in [5, 5.41) is 6.26. The van der Waals surface area contributed by atoms with Gasteiger partial charge in [0.2, 0.25) is 0 Å². The van der Waals surface area contributed by atoms with Crippen LogP contribution in [0.25, 0.3) is 0 Å². The average Bonchev–Trinajstić information content (AvgIpc) is 2.48. The van der Waals surface area contributed by atoms with Gasteiger partial charge in [0.05, 0.1) is 19.0 Å². The first-order valence-electron chi connectivity index (χ1n) is 3.63. The number of halogens is 1. The van der Waals surface area contributed by atoms with Gasteiger partial charge < -0.3 is 10.1 Å². The second kappa shape index (κ2) is 4.10. The number of aryl methyl sites for hydroxylation is 1. The van der Waals surface area contributed by atoms with Gasteiger partial charge in [-0.1, -0.05) is 11.6 Å². The summed E-state index contributed by atoms with van der Waals surface area (Å²) in [6, 6.07) is 0. The molecule has 0 radical (unpaired) electrons. The summed E-state index contributed by atoms with van der Waals surface area (Å²) in [4.78, 5) is 21.8. The van der Waals surface area contributed by atoms with Gasteiger partial charge in [0.1, 0.15) is 5.15 Å². The predicted octanol–water partition coefficient (Wildman–Crippen LogP) is 0.185. The fraction of sp³-hybridized carbons (Fsp3) is 0.286. The highest BCUT2D eigenvalue weighted by atomic mass is 35.5. The second-order valence-electron chi connectivity index (χ2n) is 2.42. The van der Waals surface area contributed by atoms with Crippen LogP contribution in [0.15, 0.2) is 6.20 Å². The van der Waals surface area contributed by atoms with Crippen molar-refractivity contribution in [1.29, 1.82) is 0 Å². The summed E-state index contributed by atoms with van der Waals surface area (Å²) in [6.07, 6.45) is 1.34. The number of ether oxygens (including phenoxy) is 1. The number of nitrogens with one attached hydrogen (secondary N) is 1. The van der Waals surface area contributed by atoms with Crippen LogP contribution in [-0.4, -0.2) is 28.8 Å². The van der Waals surface area contributed by atoms with Crippen LogP contribution < -0.4 is 5.32 Å². The van der Waals surface area contributed by atoms with Crippen LogP contribution in [-0.2, 0) is 21.4 Å². The Morgan fingerprint density at radius 3 is 2.71 bits per heavy atom. The van der Waals surface area contributed by atoms with Gasteiger partial charge in [-0.25, -0.2) is 4.79 Å². The van der Waals surface area contributed by atoms with Crippen LogP contribution in [0.5, 0.6) is 0 Å². The first kappa shape index (κ1) is 10.5. The lowest BCUT2D eigenvalue weighted by Crippen LogP contribution is -2.23. The predicted molar refractivity (Wildman–Crippen MR) is 48.9 cm³/mol. The SMILES string of the molecule is COC(=O)C(=O)Nc1cnn(C)c1Cl. The molecule has 1 aromatic rings. The lowest BCUT2D eigenvalue weighted by atomic mass is 10.5. The van der Waals surface area contributed by atoms with Crippen LogP contribution in [0.2, 0.25) is 5.15 Å². The molecule has 76 valence electrons. The largest absolute Gasteiger partial charge is 0.462 e. The van der Waals surface area contributed by atoms with Gasteiger partial charge in [-0.05, 0) is 0 Å². The average molecular weight is 218 g/mol. The number of anilines is 1. The summed E-state index contributed by atoms with van der Waals surface area (Å²) < 4.78 is 5.57. The molecule has 14 heavy (non-hydrogen) atoms. The monoisotopic (exact) mass is 217 g/mol. The Hall–Kier alpha value is -1.56. The van der Waals surface area contributed by atoms with E-state index >= 15 is 0 Å². The Morgan fingerprint density at radius 2 is 2.29 bits per heavy atom. The summed E-state index contributed by atoms with van der Waals surface area (Å²) in [7, 11) is 2.73. The Kier molecular flexibility index (Phi) is 3.08. The van der Waals surface area contributed by atoms with Gasteiger partial charge in [-0.3, -0.25) is 9.48 Å². The molecule has 0 bridgehead atoms. The molecule has 1 N–H and O–H groups in total. The summed E-state index contributed by atoms with van der Waals surface area (Å²) in [5.41, 5.74) is 0.268. The molecule has 0 atom stereocenters. The molecule has 7 heteroatoms. The number of hydrogen-bond donors (Lipinski definition) is 1. The molecule has 0 saturated heterocycles. The maximum absolute atomic E-state index is 11.0.